The second-order valence-electron chi connectivity index (χ2n) is 6.95. The van der Waals surface area contributed by atoms with Crippen LogP contribution in [0.3, 0.4) is 0 Å². The molecule has 1 saturated heterocycles. The smallest absolute Gasteiger partial charge is 0.243 e. The normalized spacial score (nSPS) is 20.6. The third-order valence-electron chi connectivity index (χ3n) is 5.23. The zero-order valence-corrected chi connectivity index (χ0v) is 15.2. The molecule has 0 N–H and O–H groups in total. The molecule has 1 aliphatic carbocycles. The molecule has 0 unspecified atom stereocenters. The molecule has 1 aromatic rings. The second kappa shape index (κ2) is 7.83. The molecule has 0 atom stereocenters. The van der Waals surface area contributed by atoms with Crippen LogP contribution >= 0.6 is 0 Å². The average Bonchev–Trinajstić information content (AvgIpc) is 2.63. The van der Waals surface area contributed by atoms with E-state index in [0.717, 1.165) is 25.0 Å². The maximum absolute atomic E-state index is 13.0. The van der Waals surface area contributed by atoms with E-state index in [0.29, 0.717) is 25.4 Å². The molecule has 0 radical (unpaired) electrons. The van der Waals surface area contributed by atoms with E-state index in [1.807, 2.05) is 0 Å². The monoisotopic (exact) mass is 368 g/mol. The van der Waals surface area contributed by atoms with Gasteiger partial charge in [0.25, 0.3) is 0 Å². The van der Waals surface area contributed by atoms with Gasteiger partial charge in [0, 0.05) is 32.6 Å². The molecule has 3 rings (SSSR count). The van der Waals surface area contributed by atoms with Gasteiger partial charge in [-0.15, -0.1) is 0 Å². The van der Waals surface area contributed by atoms with Crippen LogP contribution in [0.4, 0.5) is 4.39 Å². The maximum atomic E-state index is 13.0. The van der Waals surface area contributed by atoms with Crippen molar-refractivity contribution in [3.05, 3.63) is 30.1 Å². The Morgan fingerprint density at radius 1 is 1.00 bits per heavy atom. The lowest BCUT2D eigenvalue weighted by atomic mass is 9.86. The summed E-state index contributed by atoms with van der Waals surface area (Å²) in [7, 11) is -3.63. The van der Waals surface area contributed by atoms with Crippen LogP contribution in [0.15, 0.2) is 29.2 Å². The van der Waals surface area contributed by atoms with Gasteiger partial charge >= 0.3 is 0 Å². The van der Waals surface area contributed by atoms with Crippen LogP contribution in [0, 0.1) is 11.7 Å². The van der Waals surface area contributed by atoms with E-state index < -0.39 is 15.8 Å². The van der Waals surface area contributed by atoms with Crippen molar-refractivity contribution in [2.24, 2.45) is 5.92 Å². The number of carbonyl (C=O) groups is 1. The Bertz CT molecular complexity index is 692. The van der Waals surface area contributed by atoms with E-state index in [9.17, 15) is 17.6 Å². The second-order valence-corrected chi connectivity index (χ2v) is 8.88. The summed E-state index contributed by atoms with van der Waals surface area (Å²) in [5.74, 6) is 0.171. The van der Waals surface area contributed by atoms with Gasteiger partial charge in [-0.1, -0.05) is 19.3 Å². The lowest BCUT2D eigenvalue weighted by Crippen LogP contribution is -2.50. The fraction of sp³-hybridized carbons (Fsp3) is 0.611. The van der Waals surface area contributed by atoms with E-state index >= 15 is 0 Å². The summed E-state index contributed by atoms with van der Waals surface area (Å²) in [5.41, 5.74) is 0. The molecule has 138 valence electrons. The van der Waals surface area contributed by atoms with Gasteiger partial charge in [0.1, 0.15) is 5.82 Å². The Hall–Kier alpha value is -1.47. The van der Waals surface area contributed by atoms with E-state index in [4.69, 9.17) is 0 Å². The summed E-state index contributed by atoms with van der Waals surface area (Å²) < 4.78 is 39.6. The molecule has 1 aromatic carbocycles. The zero-order chi connectivity index (χ0) is 17.9. The van der Waals surface area contributed by atoms with Gasteiger partial charge in [0.2, 0.25) is 15.9 Å². The van der Waals surface area contributed by atoms with Gasteiger partial charge in [-0.3, -0.25) is 4.79 Å². The van der Waals surface area contributed by atoms with Gasteiger partial charge < -0.3 is 4.90 Å². The van der Waals surface area contributed by atoms with Crippen molar-refractivity contribution in [1.29, 1.82) is 0 Å². The summed E-state index contributed by atoms with van der Waals surface area (Å²) in [6, 6.07) is 4.87. The molecule has 0 aromatic heterocycles. The molecule has 2 aliphatic rings. The lowest BCUT2D eigenvalue weighted by molar-refractivity contribution is -0.133. The largest absolute Gasteiger partial charge is 0.340 e. The molecule has 1 saturated carbocycles. The van der Waals surface area contributed by atoms with Crippen molar-refractivity contribution in [3.63, 3.8) is 0 Å². The summed E-state index contributed by atoms with van der Waals surface area (Å²) in [5, 5.41) is 0. The number of rotatable bonds is 4. The van der Waals surface area contributed by atoms with Crippen molar-refractivity contribution in [1.82, 2.24) is 9.21 Å². The number of benzene rings is 1. The van der Waals surface area contributed by atoms with E-state index in [-0.39, 0.29) is 23.9 Å². The standard InChI is InChI=1S/C18H25FN2O3S/c19-16-6-8-17(9-7-16)25(23,24)21-12-10-20(11-13-21)18(22)14-15-4-2-1-3-5-15/h6-9,15H,1-5,10-14H2. The van der Waals surface area contributed by atoms with Crippen LogP contribution in [0.2, 0.25) is 0 Å². The summed E-state index contributed by atoms with van der Waals surface area (Å²) in [6.07, 6.45) is 6.54. The molecule has 1 amide bonds. The Balaban J connectivity index is 1.55. The van der Waals surface area contributed by atoms with Crippen molar-refractivity contribution in [3.8, 4) is 0 Å². The van der Waals surface area contributed by atoms with Crippen LogP contribution in [-0.4, -0.2) is 49.7 Å². The highest BCUT2D eigenvalue weighted by atomic mass is 32.2. The molecule has 25 heavy (non-hydrogen) atoms. The number of amides is 1. The highest BCUT2D eigenvalue weighted by Gasteiger charge is 2.30. The molecule has 5 nitrogen and oxygen atoms in total. The molecule has 2 fully saturated rings. The summed E-state index contributed by atoms with van der Waals surface area (Å²) in [6.45, 7) is 1.42. The average molecular weight is 368 g/mol. The van der Waals surface area contributed by atoms with Crippen molar-refractivity contribution in [2.45, 2.75) is 43.4 Å². The van der Waals surface area contributed by atoms with Crippen molar-refractivity contribution in [2.75, 3.05) is 26.2 Å². The first kappa shape index (κ1) is 18.3. The number of sulfonamides is 1. The highest BCUT2D eigenvalue weighted by Crippen LogP contribution is 2.27. The Labute approximate surface area is 148 Å². The minimum atomic E-state index is -3.63. The Morgan fingerprint density at radius 3 is 2.20 bits per heavy atom. The first-order chi connectivity index (χ1) is 12.0. The zero-order valence-electron chi connectivity index (χ0n) is 14.4. The molecule has 0 spiro atoms. The number of carbonyl (C=O) groups excluding carboxylic acids is 1. The van der Waals surface area contributed by atoms with Gasteiger partial charge in [-0.25, -0.2) is 12.8 Å². The Morgan fingerprint density at radius 2 is 1.60 bits per heavy atom. The van der Waals surface area contributed by atoms with Crippen LogP contribution < -0.4 is 0 Å². The first-order valence-corrected chi connectivity index (χ1v) is 10.4. The number of halogens is 1. The van der Waals surface area contributed by atoms with Crippen molar-refractivity contribution >= 4 is 15.9 Å². The molecule has 1 aliphatic heterocycles. The molecule has 1 heterocycles. The van der Waals surface area contributed by atoms with Gasteiger partial charge in [0.05, 0.1) is 4.90 Å². The number of piperazine rings is 1. The third kappa shape index (κ3) is 4.39. The molecular formula is C18H25FN2O3S. The summed E-state index contributed by atoms with van der Waals surface area (Å²) >= 11 is 0. The number of hydrogen-bond acceptors (Lipinski definition) is 3. The Kier molecular flexibility index (Phi) is 5.74. The van der Waals surface area contributed by atoms with Gasteiger partial charge in [0.15, 0.2) is 0 Å². The maximum Gasteiger partial charge on any atom is 0.243 e. The quantitative estimate of drug-likeness (QED) is 0.821. The molecule has 7 heteroatoms. The SMILES string of the molecule is O=C(CC1CCCCC1)N1CCN(S(=O)(=O)c2ccc(F)cc2)CC1. The van der Waals surface area contributed by atoms with Crippen molar-refractivity contribution < 1.29 is 17.6 Å². The first-order valence-electron chi connectivity index (χ1n) is 9.00. The van der Waals surface area contributed by atoms with Gasteiger partial charge in [-0.2, -0.15) is 4.31 Å². The number of nitrogens with zero attached hydrogens (tertiary/aromatic N) is 2. The van der Waals surface area contributed by atoms with Crippen LogP contribution in [0.5, 0.6) is 0 Å². The predicted octanol–water partition coefficient (Wildman–Crippen LogP) is 2.63. The van der Waals surface area contributed by atoms with E-state index in [1.165, 1.54) is 35.7 Å². The minimum absolute atomic E-state index is 0.0934. The summed E-state index contributed by atoms with van der Waals surface area (Å²) in [4.78, 5) is 14.3. The fourth-order valence-corrected chi connectivity index (χ4v) is 5.12. The lowest BCUT2D eigenvalue weighted by Gasteiger charge is -2.35. The number of hydrogen-bond donors (Lipinski definition) is 0. The van der Waals surface area contributed by atoms with E-state index in [2.05, 4.69) is 0 Å². The van der Waals surface area contributed by atoms with Crippen LogP contribution in [0.1, 0.15) is 38.5 Å². The topological polar surface area (TPSA) is 57.7 Å². The fourth-order valence-electron chi connectivity index (χ4n) is 3.70. The van der Waals surface area contributed by atoms with Crippen LogP contribution in [-0.2, 0) is 14.8 Å². The third-order valence-corrected chi connectivity index (χ3v) is 7.14. The molecular weight excluding hydrogens is 343 g/mol. The minimum Gasteiger partial charge on any atom is -0.340 e. The highest BCUT2D eigenvalue weighted by molar-refractivity contribution is 7.89. The van der Waals surface area contributed by atoms with Crippen LogP contribution in [0.25, 0.3) is 0 Å². The molecule has 0 bridgehead atoms. The predicted molar refractivity (Wildman–Crippen MR) is 92.9 cm³/mol. The van der Waals surface area contributed by atoms with E-state index in [1.54, 1.807) is 4.90 Å². The van der Waals surface area contributed by atoms with Gasteiger partial charge in [-0.05, 0) is 43.0 Å².